The molecule has 354 valence electrons. The van der Waals surface area contributed by atoms with E-state index in [9.17, 15) is 73.2 Å². The van der Waals surface area contributed by atoms with Crippen molar-refractivity contribution >= 4 is 29.8 Å². The molecule has 2 unspecified atom stereocenters. The van der Waals surface area contributed by atoms with Crippen LogP contribution in [0.3, 0.4) is 0 Å². The number of aliphatic carboxylic acids is 1. The fourth-order valence-electron chi connectivity index (χ4n) is 6.09. The van der Waals surface area contributed by atoms with Gasteiger partial charge in [0.15, 0.2) is 5.60 Å². The molecule has 0 aliphatic carbocycles. The van der Waals surface area contributed by atoms with E-state index in [-0.39, 0.29) is 13.0 Å². The number of carbonyl (C=O) groups is 5. The Balaban J connectivity index is 2.21. The van der Waals surface area contributed by atoms with E-state index in [2.05, 4.69) is 0 Å². The third kappa shape index (κ3) is 15.1. The van der Waals surface area contributed by atoms with Gasteiger partial charge in [0.1, 0.15) is 24.4 Å². The largest absolute Gasteiger partial charge is 0.479 e. The van der Waals surface area contributed by atoms with Crippen LogP contribution in [-0.4, -0.2) is 120 Å². The minimum absolute atomic E-state index is 0.106. The van der Waals surface area contributed by atoms with Gasteiger partial charge in [-0.3, -0.25) is 19.2 Å². The van der Waals surface area contributed by atoms with Crippen molar-refractivity contribution in [3.63, 3.8) is 0 Å². The molecule has 2 heterocycles. The van der Waals surface area contributed by atoms with E-state index < -0.39 is 165 Å². The molecule has 0 bridgehead atoms. The summed E-state index contributed by atoms with van der Waals surface area (Å²) in [4.78, 5) is 141. The molecule has 25 heteroatoms. The van der Waals surface area contributed by atoms with Crippen molar-refractivity contribution in [2.75, 3.05) is 19.8 Å². The Morgan fingerprint density at radius 1 is 0.571 bits per heavy atom. The minimum atomic E-state index is -2.93. The number of rotatable bonds is 26. The van der Waals surface area contributed by atoms with Gasteiger partial charge in [0, 0.05) is 26.1 Å². The average molecular weight is 903 g/mol. The van der Waals surface area contributed by atoms with Gasteiger partial charge in [-0.15, -0.1) is 0 Å². The molecule has 0 amide bonds. The first-order valence-corrected chi connectivity index (χ1v) is 20.1. The van der Waals surface area contributed by atoms with Crippen LogP contribution in [0.1, 0.15) is 93.4 Å². The zero-order chi connectivity index (χ0) is 48.0. The van der Waals surface area contributed by atoms with Gasteiger partial charge in [0.05, 0.1) is 58.0 Å². The van der Waals surface area contributed by atoms with Crippen molar-refractivity contribution in [3.8, 4) is 0 Å². The number of carbonyl (C=O) groups excluding carboxylic acids is 4. The number of aromatic nitrogens is 6. The Morgan fingerprint density at radius 2 is 0.952 bits per heavy atom. The van der Waals surface area contributed by atoms with Crippen molar-refractivity contribution in [3.05, 3.63) is 62.9 Å². The van der Waals surface area contributed by atoms with Crippen molar-refractivity contribution in [1.82, 2.24) is 27.4 Å². The normalized spacial score (nSPS) is 13.2. The van der Waals surface area contributed by atoms with Gasteiger partial charge >= 0.3 is 64.0 Å². The number of carboxylic acid groups (broad SMARTS) is 1. The predicted octanol–water partition coefficient (Wildman–Crippen LogP) is -2.95. The lowest BCUT2D eigenvalue weighted by molar-refractivity contribution is -0.177. The molecular formula is C38H58N6O19. The van der Waals surface area contributed by atoms with Crippen molar-refractivity contribution in [1.29, 1.82) is 0 Å². The molecule has 0 radical (unpaired) electrons. The molecule has 0 fully saturated rings. The molecule has 0 aliphatic heterocycles. The number of aliphatic hydroxyl groups excluding tert-OH is 2. The Morgan fingerprint density at radius 3 is 1.37 bits per heavy atom. The van der Waals surface area contributed by atoms with E-state index in [1.165, 1.54) is 6.92 Å². The summed E-state index contributed by atoms with van der Waals surface area (Å²) < 4.78 is 24.0. The first kappa shape index (κ1) is 53.2. The Bertz CT molecular complexity index is 2350. The summed E-state index contributed by atoms with van der Waals surface area (Å²) in [6, 6.07) is 0. The van der Waals surface area contributed by atoms with E-state index in [0.29, 0.717) is 35.7 Å². The summed E-state index contributed by atoms with van der Waals surface area (Å²) in [5.41, 5.74) is -11.9. The maximum absolute atomic E-state index is 13.3. The number of aliphatic hydroxyl groups is 3. The second-order valence-corrected chi connectivity index (χ2v) is 15.8. The maximum atomic E-state index is 13.3. The smallest absolute Gasteiger partial charge is 0.336 e. The fourth-order valence-corrected chi connectivity index (χ4v) is 6.09. The lowest BCUT2D eigenvalue weighted by Gasteiger charge is -2.26. The van der Waals surface area contributed by atoms with Crippen LogP contribution >= 0.6 is 0 Å². The average Bonchev–Trinajstić information content (AvgIpc) is 3.16. The molecule has 2 atom stereocenters. The highest BCUT2D eigenvalue weighted by atomic mass is 16.6. The molecule has 2 rings (SSSR count). The van der Waals surface area contributed by atoms with E-state index in [1.54, 1.807) is 41.5 Å². The molecular weight excluding hydrogens is 844 g/mol. The maximum Gasteiger partial charge on any atom is 0.336 e. The standard InChI is InChI=1S/C38H58N6O19/c1-8-12-39-30(53)40(32(55)41(31(39)54)14-11-26(48)62-37(6,7)21-24(3)46)13-10-25(47)60-19-16-43-33(56)42(15-18-45)34(57)44(35(43)58)17-20-61-27(49)22-38(59,29(51)52)23-28(50)63-36(4,5)9-2/h24,45-46,59H,8-23H2,1-7H3,(H,51,52). The molecule has 2 aromatic heterocycles. The number of hydrogen-bond acceptors (Lipinski definition) is 18. The monoisotopic (exact) mass is 902 g/mol. The zero-order valence-electron chi connectivity index (χ0n) is 36.5. The van der Waals surface area contributed by atoms with Crippen molar-refractivity contribution in [2.45, 2.75) is 156 Å². The van der Waals surface area contributed by atoms with Crippen LogP contribution < -0.4 is 34.1 Å². The minimum Gasteiger partial charge on any atom is -0.479 e. The lowest BCUT2D eigenvalue weighted by Crippen LogP contribution is -2.55. The van der Waals surface area contributed by atoms with E-state index in [4.69, 9.17) is 18.9 Å². The van der Waals surface area contributed by atoms with Crippen LogP contribution in [-0.2, 0) is 82.2 Å². The SMILES string of the molecule is CCCn1c(=O)n(CCC(=O)OCCn2c(=O)n(CCO)c(=O)n(CCOC(=O)CC(O)(CC(=O)OC(C)(C)CC)C(=O)O)c2=O)c(=O)n(CCC(=O)OC(C)(C)CC(C)O)c1=O. The van der Waals surface area contributed by atoms with E-state index in [1.807, 2.05) is 0 Å². The fraction of sp³-hybridized carbons (Fsp3) is 0.711. The molecule has 0 aromatic carbocycles. The van der Waals surface area contributed by atoms with E-state index >= 15 is 0 Å². The number of carboxylic acids is 1. The summed E-state index contributed by atoms with van der Waals surface area (Å²) in [5, 5.41) is 39.2. The van der Waals surface area contributed by atoms with Crippen LogP contribution in [0.5, 0.6) is 0 Å². The number of nitrogens with zero attached hydrogens (tertiary/aromatic N) is 6. The molecule has 4 N–H and O–H groups in total. The summed E-state index contributed by atoms with van der Waals surface area (Å²) >= 11 is 0. The summed E-state index contributed by atoms with van der Waals surface area (Å²) in [5.74, 6) is -6.20. The van der Waals surface area contributed by atoms with E-state index in [0.717, 1.165) is 4.57 Å². The van der Waals surface area contributed by atoms with Crippen LogP contribution in [0, 0.1) is 0 Å². The van der Waals surface area contributed by atoms with Crippen molar-refractivity contribution < 1.29 is 63.3 Å². The predicted molar refractivity (Wildman–Crippen MR) is 216 cm³/mol. The lowest BCUT2D eigenvalue weighted by atomic mass is 9.95. The highest BCUT2D eigenvalue weighted by molar-refractivity contribution is 5.89. The molecule has 0 saturated carbocycles. The quantitative estimate of drug-likeness (QED) is 0.0541. The van der Waals surface area contributed by atoms with Gasteiger partial charge in [0.25, 0.3) is 0 Å². The Hall–Kier alpha value is -5.95. The highest BCUT2D eigenvalue weighted by Gasteiger charge is 2.43. The van der Waals surface area contributed by atoms with Gasteiger partial charge in [-0.1, -0.05) is 13.8 Å². The highest BCUT2D eigenvalue weighted by Crippen LogP contribution is 2.22. The van der Waals surface area contributed by atoms with Crippen LogP contribution in [0.25, 0.3) is 0 Å². The van der Waals surface area contributed by atoms with Gasteiger partial charge in [-0.25, -0.2) is 61.0 Å². The van der Waals surface area contributed by atoms with Crippen LogP contribution in [0.2, 0.25) is 0 Å². The first-order valence-electron chi connectivity index (χ1n) is 20.1. The molecule has 0 saturated heterocycles. The summed E-state index contributed by atoms with van der Waals surface area (Å²) in [6.07, 6.45) is -3.43. The van der Waals surface area contributed by atoms with Crippen LogP contribution in [0.15, 0.2) is 28.8 Å². The topological polar surface area (TPSA) is 335 Å². The molecule has 0 spiro atoms. The molecule has 25 nitrogen and oxygen atoms in total. The number of esters is 4. The van der Waals surface area contributed by atoms with Crippen molar-refractivity contribution in [2.24, 2.45) is 0 Å². The third-order valence-corrected chi connectivity index (χ3v) is 9.47. The molecule has 63 heavy (non-hydrogen) atoms. The van der Waals surface area contributed by atoms with Gasteiger partial charge in [-0.05, 0) is 47.5 Å². The second kappa shape index (κ2) is 22.9. The summed E-state index contributed by atoms with van der Waals surface area (Å²) in [7, 11) is 0. The summed E-state index contributed by atoms with van der Waals surface area (Å²) in [6.45, 7) is 5.77. The Labute approximate surface area is 358 Å². The molecule has 0 aliphatic rings. The van der Waals surface area contributed by atoms with Crippen LogP contribution in [0.4, 0.5) is 0 Å². The number of ether oxygens (including phenoxy) is 4. The third-order valence-electron chi connectivity index (χ3n) is 9.47. The number of hydrogen-bond donors (Lipinski definition) is 4. The first-order chi connectivity index (χ1) is 29.2. The van der Waals surface area contributed by atoms with Gasteiger partial charge < -0.3 is 39.4 Å². The van der Waals surface area contributed by atoms with Gasteiger partial charge in [-0.2, -0.15) is 0 Å². The second-order valence-electron chi connectivity index (χ2n) is 15.8. The molecule has 2 aromatic rings. The Kier molecular flexibility index (Phi) is 19.4. The zero-order valence-corrected chi connectivity index (χ0v) is 36.5. The van der Waals surface area contributed by atoms with Gasteiger partial charge in [0.2, 0.25) is 0 Å².